The van der Waals surface area contributed by atoms with E-state index in [1.165, 1.54) is 6.29 Å². The van der Waals surface area contributed by atoms with E-state index in [0.717, 1.165) is 0 Å². The molecule has 0 fully saturated rings. The molecule has 0 aromatic heterocycles. The Kier molecular flexibility index (Phi) is 8.37. The van der Waals surface area contributed by atoms with Crippen molar-refractivity contribution in [3.63, 3.8) is 0 Å². The van der Waals surface area contributed by atoms with Crippen LogP contribution >= 0.6 is 0 Å². The average Bonchev–Trinajstić information content (AvgIpc) is 2.34. The quantitative estimate of drug-likeness (QED) is 0.697. The Morgan fingerprint density at radius 3 is 2.14 bits per heavy atom. The Hall–Kier alpha value is -1.92. The number of hydrogen-bond acceptors (Lipinski definition) is 5. The van der Waals surface area contributed by atoms with Gasteiger partial charge in [-0.3, -0.25) is 14.4 Å². The molecule has 0 aliphatic rings. The monoisotopic (exact) mass is 312 g/mol. The van der Waals surface area contributed by atoms with Gasteiger partial charge < -0.3 is 15.4 Å². The van der Waals surface area contributed by atoms with Crippen molar-refractivity contribution in [2.24, 2.45) is 5.92 Å². The fraction of sp³-hybridized carbons (Fsp3) is 0.733. The Bertz CT molecular complexity index is 401. The first-order chi connectivity index (χ1) is 10.1. The van der Waals surface area contributed by atoms with Gasteiger partial charge in [0, 0.05) is 6.42 Å². The highest BCUT2D eigenvalue weighted by Crippen LogP contribution is 2.09. The van der Waals surface area contributed by atoms with Crippen LogP contribution in [-0.2, 0) is 19.1 Å². The third-order valence-corrected chi connectivity index (χ3v) is 2.46. The highest BCUT2D eigenvalue weighted by molar-refractivity contribution is 5.88. The van der Waals surface area contributed by atoms with Crippen molar-refractivity contribution in [2.75, 3.05) is 0 Å². The average molecular weight is 312 g/mol. The van der Waals surface area contributed by atoms with E-state index in [9.17, 15) is 19.2 Å². The zero-order valence-electron chi connectivity index (χ0n) is 13.7. The Morgan fingerprint density at radius 2 is 1.73 bits per heavy atom. The van der Waals surface area contributed by atoms with Crippen LogP contribution in [0.15, 0.2) is 0 Å². The summed E-state index contributed by atoms with van der Waals surface area (Å²) in [6, 6.07) is -1.93. The van der Waals surface area contributed by atoms with Crippen LogP contribution in [0.1, 0.15) is 47.5 Å². The first-order valence-electron chi connectivity index (χ1n) is 7.11. The van der Waals surface area contributed by atoms with E-state index < -0.39 is 29.7 Å². The first-order valence-corrected chi connectivity index (χ1v) is 7.11. The van der Waals surface area contributed by atoms with Gasteiger partial charge in [0.25, 0.3) is 0 Å². The molecule has 0 unspecified atom stereocenters. The molecule has 0 saturated heterocycles. The number of hydrogen-bond donors (Lipinski definition) is 2. The lowest BCUT2D eigenvalue weighted by molar-refractivity contribution is -0.123. The molecule has 2 radical (unpaired) electrons. The molecule has 124 valence electrons. The van der Waals surface area contributed by atoms with Crippen molar-refractivity contribution in [1.29, 1.82) is 0 Å². The molecule has 0 aliphatic heterocycles. The van der Waals surface area contributed by atoms with E-state index in [4.69, 9.17) is 4.74 Å². The number of amides is 2. The predicted molar refractivity (Wildman–Crippen MR) is 80.5 cm³/mol. The van der Waals surface area contributed by atoms with Crippen LogP contribution in [0.3, 0.4) is 0 Å². The molecule has 0 bridgehead atoms. The molecule has 0 aliphatic carbocycles. The number of rotatable bonds is 8. The molecule has 7 heteroatoms. The van der Waals surface area contributed by atoms with Crippen LogP contribution in [0, 0.1) is 5.92 Å². The van der Waals surface area contributed by atoms with Gasteiger partial charge in [0.1, 0.15) is 17.7 Å². The topological polar surface area (TPSA) is 102 Å². The summed E-state index contributed by atoms with van der Waals surface area (Å²) >= 11 is 0. The number of carbonyl (C=O) groups excluding carboxylic acids is 4. The number of ether oxygens (including phenoxy) is 1. The lowest BCUT2D eigenvalue weighted by Crippen LogP contribution is -2.51. The maximum absolute atomic E-state index is 12.1. The first kappa shape index (κ1) is 20.1. The van der Waals surface area contributed by atoms with Gasteiger partial charge in [0.15, 0.2) is 0 Å². The summed E-state index contributed by atoms with van der Waals surface area (Å²) in [5.74, 6) is -0.440. The second kappa shape index (κ2) is 9.17. The maximum Gasteiger partial charge on any atom is 0.408 e. The predicted octanol–water partition coefficient (Wildman–Crippen LogP) is 1.02. The van der Waals surface area contributed by atoms with E-state index in [-0.39, 0.29) is 12.3 Å². The minimum Gasteiger partial charge on any atom is -0.444 e. The maximum atomic E-state index is 12.1. The summed E-state index contributed by atoms with van der Waals surface area (Å²) in [7, 11) is 0. The van der Waals surface area contributed by atoms with Gasteiger partial charge in [-0.05, 0) is 33.1 Å². The third-order valence-electron chi connectivity index (χ3n) is 2.46. The van der Waals surface area contributed by atoms with Gasteiger partial charge in [-0.15, -0.1) is 0 Å². The molecule has 2 amide bonds. The van der Waals surface area contributed by atoms with Crippen molar-refractivity contribution < 1.29 is 23.9 Å². The smallest absolute Gasteiger partial charge is 0.408 e. The molecule has 0 aromatic carbocycles. The van der Waals surface area contributed by atoms with Crippen LogP contribution < -0.4 is 10.6 Å². The van der Waals surface area contributed by atoms with Crippen molar-refractivity contribution in [3.05, 3.63) is 0 Å². The molecular weight excluding hydrogens is 288 g/mol. The van der Waals surface area contributed by atoms with Crippen molar-refractivity contribution in [3.8, 4) is 0 Å². The molecular formula is C15H24N2O5. The molecule has 0 spiro atoms. The molecule has 2 N–H and O–H groups in total. The number of nitrogens with one attached hydrogen (secondary N) is 2. The SMILES string of the molecule is CC(C)C[C@H](NC(=O)OC(C)(C)C)C(=O)N[C@H]([C]=O)C[C]=O. The van der Waals surface area contributed by atoms with Gasteiger partial charge in [-0.2, -0.15) is 0 Å². The second-order valence-corrected chi connectivity index (χ2v) is 6.36. The van der Waals surface area contributed by atoms with E-state index >= 15 is 0 Å². The largest absolute Gasteiger partial charge is 0.444 e. The second-order valence-electron chi connectivity index (χ2n) is 6.36. The fourth-order valence-corrected chi connectivity index (χ4v) is 1.63. The summed E-state index contributed by atoms with van der Waals surface area (Å²) in [5, 5.41) is 4.82. The molecule has 22 heavy (non-hydrogen) atoms. The van der Waals surface area contributed by atoms with Gasteiger partial charge in [0.05, 0.1) is 0 Å². The number of alkyl carbamates (subject to hydrolysis) is 1. The van der Waals surface area contributed by atoms with Crippen LogP contribution in [0.2, 0.25) is 0 Å². The van der Waals surface area contributed by atoms with Gasteiger partial charge in [-0.25, -0.2) is 4.79 Å². The van der Waals surface area contributed by atoms with E-state index in [2.05, 4.69) is 10.6 Å². The summed E-state index contributed by atoms with van der Waals surface area (Å²) in [4.78, 5) is 44.9. The van der Waals surface area contributed by atoms with Gasteiger partial charge >= 0.3 is 6.09 Å². The lowest BCUT2D eigenvalue weighted by atomic mass is 10.0. The van der Waals surface area contributed by atoms with Crippen LogP contribution in [0.25, 0.3) is 0 Å². The van der Waals surface area contributed by atoms with E-state index in [1.54, 1.807) is 27.1 Å². The summed E-state index contributed by atoms with van der Waals surface area (Å²) < 4.78 is 5.11. The van der Waals surface area contributed by atoms with Crippen LogP contribution in [0.4, 0.5) is 4.79 Å². The van der Waals surface area contributed by atoms with Gasteiger partial charge in [0.2, 0.25) is 18.5 Å². The summed E-state index contributed by atoms with van der Waals surface area (Å²) in [6.07, 6.45) is 2.44. The minimum atomic E-state index is -1.07. The Labute approximate surface area is 131 Å². The molecule has 0 saturated carbocycles. The number of carbonyl (C=O) groups is 2. The lowest BCUT2D eigenvalue weighted by Gasteiger charge is -2.24. The molecule has 0 aromatic rings. The third kappa shape index (κ3) is 9.10. The Morgan fingerprint density at radius 1 is 1.14 bits per heavy atom. The molecule has 0 heterocycles. The van der Waals surface area contributed by atoms with Gasteiger partial charge in [-0.1, -0.05) is 13.8 Å². The highest BCUT2D eigenvalue weighted by Gasteiger charge is 2.26. The summed E-state index contributed by atoms with van der Waals surface area (Å²) in [5.41, 5.74) is -0.686. The zero-order chi connectivity index (χ0) is 17.3. The minimum absolute atomic E-state index is 0.127. The summed E-state index contributed by atoms with van der Waals surface area (Å²) in [6.45, 7) is 8.91. The van der Waals surface area contributed by atoms with E-state index in [1.807, 2.05) is 13.8 Å². The Balaban J connectivity index is 4.81. The van der Waals surface area contributed by atoms with Crippen LogP contribution in [-0.4, -0.2) is 42.3 Å². The molecule has 7 nitrogen and oxygen atoms in total. The van der Waals surface area contributed by atoms with E-state index in [0.29, 0.717) is 6.42 Å². The van der Waals surface area contributed by atoms with Crippen LogP contribution in [0.5, 0.6) is 0 Å². The standard InChI is InChI=1S/C15H24N2O5/c1-10(2)8-12(17-14(21)22-15(3,4)5)13(20)16-11(9-19)6-7-18/h10-12H,6,8H2,1-5H3,(H,16,20)(H,17,21)/t11-,12-/m0/s1. The normalized spacial score (nSPS) is 13.9. The fourth-order valence-electron chi connectivity index (χ4n) is 1.63. The van der Waals surface area contributed by atoms with Crippen molar-refractivity contribution >= 4 is 24.6 Å². The molecule has 0 rings (SSSR count). The van der Waals surface area contributed by atoms with Crippen molar-refractivity contribution in [1.82, 2.24) is 10.6 Å². The van der Waals surface area contributed by atoms with Crippen molar-refractivity contribution in [2.45, 2.75) is 65.1 Å². The molecule has 2 atom stereocenters. The highest BCUT2D eigenvalue weighted by atomic mass is 16.6. The zero-order valence-corrected chi connectivity index (χ0v) is 13.7.